The molecule has 1 aromatic rings. The maximum absolute atomic E-state index is 12.2. The van der Waals surface area contributed by atoms with Crippen LogP contribution in [0.25, 0.3) is 0 Å². The van der Waals surface area contributed by atoms with Crippen molar-refractivity contribution in [1.29, 1.82) is 0 Å². The smallest absolute Gasteiger partial charge is 0.259 e. The average Bonchev–Trinajstić information content (AvgIpc) is 2.38. The number of carbonyl (C=O) groups is 1. The standard InChI is InChI=1S/C12H15ClN2O3/c1-8-4-11(16)10(6-14-8)12(17)15-2-3-18-9(5-13)7-15/h4,6,9H,2-3,5,7H2,1H3,(H,14,16). The van der Waals surface area contributed by atoms with Crippen molar-refractivity contribution in [2.75, 3.05) is 25.6 Å². The SMILES string of the molecule is Cc1cc(=O)c(C(=O)N2CCOC(CCl)C2)c[nH]1. The number of aromatic nitrogens is 1. The summed E-state index contributed by atoms with van der Waals surface area (Å²) >= 11 is 5.72. The van der Waals surface area contributed by atoms with Crippen LogP contribution < -0.4 is 5.43 Å². The van der Waals surface area contributed by atoms with E-state index in [1.807, 2.05) is 0 Å². The number of ether oxygens (including phenoxy) is 1. The summed E-state index contributed by atoms with van der Waals surface area (Å²) in [7, 11) is 0. The van der Waals surface area contributed by atoms with Crippen LogP contribution in [-0.2, 0) is 4.74 Å². The largest absolute Gasteiger partial charge is 0.373 e. The Hall–Kier alpha value is -1.33. The van der Waals surface area contributed by atoms with Crippen LogP contribution in [0.2, 0.25) is 0 Å². The summed E-state index contributed by atoms with van der Waals surface area (Å²) in [6, 6.07) is 1.42. The first-order valence-electron chi connectivity index (χ1n) is 5.78. The van der Waals surface area contributed by atoms with Crippen LogP contribution in [0.15, 0.2) is 17.1 Å². The number of rotatable bonds is 2. The summed E-state index contributed by atoms with van der Waals surface area (Å²) in [5, 5.41) is 0. The van der Waals surface area contributed by atoms with Crippen LogP contribution in [0.5, 0.6) is 0 Å². The molecule has 1 aliphatic heterocycles. The van der Waals surface area contributed by atoms with Crippen LogP contribution >= 0.6 is 11.6 Å². The van der Waals surface area contributed by atoms with Gasteiger partial charge in [0.25, 0.3) is 5.91 Å². The molecule has 2 heterocycles. The maximum atomic E-state index is 12.2. The van der Waals surface area contributed by atoms with Gasteiger partial charge in [-0.05, 0) is 6.92 Å². The first-order chi connectivity index (χ1) is 8.61. The van der Waals surface area contributed by atoms with Gasteiger partial charge in [0.05, 0.1) is 18.6 Å². The van der Waals surface area contributed by atoms with Crippen LogP contribution in [0.4, 0.5) is 0 Å². The highest BCUT2D eigenvalue weighted by atomic mass is 35.5. The number of nitrogens with zero attached hydrogens (tertiary/aromatic N) is 1. The Bertz CT molecular complexity index is 500. The van der Waals surface area contributed by atoms with Gasteiger partial charge in [-0.1, -0.05) is 0 Å². The van der Waals surface area contributed by atoms with Crippen molar-refractivity contribution < 1.29 is 9.53 Å². The highest BCUT2D eigenvalue weighted by Crippen LogP contribution is 2.09. The number of hydrogen-bond acceptors (Lipinski definition) is 3. The molecule has 1 unspecified atom stereocenters. The molecule has 18 heavy (non-hydrogen) atoms. The van der Waals surface area contributed by atoms with Gasteiger partial charge in [0.15, 0.2) is 5.43 Å². The molecule has 1 atom stereocenters. The third kappa shape index (κ3) is 2.73. The lowest BCUT2D eigenvalue weighted by atomic mass is 10.2. The van der Waals surface area contributed by atoms with E-state index in [2.05, 4.69) is 4.98 Å². The third-order valence-corrected chi connectivity index (χ3v) is 3.23. The second-order valence-electron chi connectivity index (χ2n) is 4.29. The topological polar surface area (TPSA) is 62.4 Å². The first-order valence-corrected chi connectivity index (χ1v) is 6.31. The van der Waals surface area contributed by atoms with Gasteiger partial charge in [0.2, 0.25) is 0 Å². The Balaban J connectivity index is 2.18. The second-order valence-corrected chi connectivity index (χ2v) is 4.60. The summed E-state index contributed by atoms with van der Waals surface area (Å²) in [6.45, 7) is 3.13. The number of H-pyrrole nitrogens is 1. The molecule has 1 saturated heterocycles. The minimum absolute atomic E-state index is 0.158. The normalized spacial score (nSPS) is 19.9. The predicted octanol–water partition coefficient (Wildman–Crippen LogP) is 0.763. The molecule has 6 heteroatoms. The molecule has 1 fully saturated rings. The number of hydrogen-bond donors (Lipinski definition) is 1. The quantitative estimate of drug-likeness (QED) is 0.807. The van der Waals surface area contributed by atoms with E-state index < -0.39 is 0 Å². The van der Waals surface area contributed by atoms with E-state index in [1.54, 1.807) is 11.8 Å². The Morgan fingerprint density at radius 2 is 2.44 bits per heavy atom. The summed E-state index contributed by atoms with van der Waals surface area (Å²) in [5.41, 5.74) is 0.637. The molecule has 0 spiro atoms. The first kappa shape index (κ1) is 13.1. The van der Waals surface area contributed by atoms with E-state index >= 15 is 0 Å². The highest BCUT2D eigenvalue weighted by Gasteiger charge is 2.25. The summed E-state index contributed by atoms with van der Waals surface area (Å²) in [4.78, 5) is 28.4. The third-order valence-electron chi connectivity index (χ3n) is 2.89. The minimum Gasteiger partial charge on any atom is -0.373 e. The number of aromatic amines is 1. The monoisotopic (exact) mass is 270 g/mol. The van der Waals surface area contributed by atoms with Crippen molar-refractivity contribution in [2.45, 2.75) is 13.0 Å². The Labute approximate surface area is 110 Å². The van der Waals surface area contributed by atoms with Gasteiger partial charge in [-0.3, -0.25) is 9.59 Å². The van der Waals surface area contributed by atoms with E-state index in [4.69, 9.17) is 16.3 Å². The molecule has 1 N–H and O–H groups in total. The van der Waals surface area contributed by atoms with E-state index in [0.29, 0.717) is 25.6 Å². The van der Waals surface area contributed by atoms with Crippen LogP contribution in [-0.4, -0.2) is 47.5 Å². The molecule has 5 nitrogen and oxygen atoms in total. The Morgan fingerprint density at radius 3 is 3.11 bits per heavy atom. The van der Waals surface area contributed by atoms with Crippen molar-refractivity contribution in [2.24, 2.45) is 0 Å². The number of morpholine rings is 1. The van der Waals surface area contributed by atoms with Crippen molar-refractivity contribution in [3.8, 4) is 0 Å². The molecule has 1 amide bonds. The zero-order chi connectivity index (χ0) is 13.1. The average molecular weight is 271 g/mol. The highest BCUT2D eigenvalue weighted by molar-refractivity contribution is 6.18. The number of alkyl halides is 1. The predicted molar refractivity (Wildman–Crippen MR) is 68.2 cm³/mol. The summed E-state index contributed by atoms with van der Waals surface area (Å²) < 4.78 is 5.38. The number of nitrogens with one attached hydrogen (secondary N) is 1. The second kappa shape index (κ2) is 5.54. The molecule has 1 aromatic heterocycles. The molecule has 0 radical (unpaired) electrons. The van der Waals surface area contributed by atoms with Gasteiger partial charge in [0, 0.05) is 31.0 Å². The van der Waals surface area contributed by atoms with Gasteiger partial charge in [-0.15, -0.1) is 11.6 Å². The van der Waals surface area contributed by atoms with Gasteiger partial charge >= 0.3 is 0 Å². The van der Waals surface area contributed by atoms with E-state index in [9.17, 15) is 9.59 Å². The minimum atomic E-state index is -0.269. The lowest BCUT2D eigenvalue weighted by molar-refractivity contribution is -0.0108. The molecule has 2 rings (SSSR count). The van der Waals surface area contributed by atoms with E-state index in [0.717, 1.165) is 5.69 Å². The van der Waals surface area contributed by atoms with Crippen LogP contribution in [0.3, 0.4) is 0 Å². The fourth-order valence-electron chi connectivity index (χ4n) is 1.91. The van der Waals surface area contributed by atoms with E-state index in [-0.39, 0.29) is 23.0 Å². The van der Waals surface area contributed by atoms with Crippen LogP contribution in [0, 0.1) is 6.92 Å². The van der Waals surface area contributed by atoms with E-state index in [1.165, 1.54) is 12.3 Å². The number of amides is 1. The zero-order valence-electron chi connectivity index (χ0n) is 10.1. The van der Waals surface area contributed by atoms with Gasteiger partial charge < -0.3 is 14.6 Å². The lowest BCUT2D eigenvalue weighted by Crippen LogP contribution is -2.47. The Morgan fingerprint density at radius 1 is 1.67 bits per heavy atom. The maximum Gasteiger partial charge on any atom is 0.259 e. The molecule has 0 bridgehead atoms. The number of pyridine rings is 1. The van der Waals surface area contributed by atoms with Crippen molar-refractivity contribution in [3.63, 3.8) is 0 Å². The van der Waals surface area contributed by atoms with Gasteiger partial charge in [0.1, 0.15) is 5.56 Å². The molecule has 0 saturated carbocycles. The number of halogens is 1. The van der Waals surface area contributed by atoms with Gasteiger partial charge in [-0.2, -0.15) is 0 Å². The number of aryl methyl sites for hydroxylation is 1. The fraction of sp³-hybridized carbons (Fsp3) is 0.500. The van der Waals surface area contributed by atoms with Crippen molar-refractivity contribution in [3.05, 3.63) is 33.7 Å². The molecular formula is C12H15ClN2O3. The Kier molecular flexibility index (Phi) is 4.04. The van der Waals surface area contributed by atoms with Crippen molar-refractivity contribution >= 4 is 17.5 Å². The molecule has 0 aliphatic carbocycles. The molecular weight excluding hydrogens is 256 g/mol. The summed E-state index contributed by atoms with van der Waals surface area (Å²) in [6.07, 6.45) is 1.31. The zero-order valence-corrected chi connectivity index (χ0v) is 10.9. The van der Waals surface area contributed by atoms with Gasteiger partial charge in [-0.25, -0.2) is 0 Å². The number of carbonyl (C=O) groups excluding carboxylic acids is 1. The van der Waals surface area contributed by atoms with Crippen molar-refractivity contribution in [1.82, 2.24) is 9.88 Å². The molecule has 1 aliphatic rings. The summed E-state index contributed by atoms with van der Waals surface area (Å²) in [5.74, 6) is 0.0725. The van der Waals surface area contributed by atoms with Crippen LogP contribution in [0.1, 0.15) is 16.1 Å². The lowest BCUT2D eigenvalue weighted by Gasteiger charge is -2.31. The molecule has 0 aromatic carbocycles. The molecule has 98 valence electrons. The fourth-order valence-corrected chi connectivity index (χ4v) is 2.09.